The molecule has 0 aliphatic heterocycles. The molecule has 0 spiro atoms. The Labute approximate surface area is 182 Å². The van der Waals surface area contributed by atoms with E-state index in [1.165, 1.54) is 0 Å². The summed E-state index contributed by atoms with van der Waals surface area (Å²) in [5.41, 5.74) is 2.57. The van der Waals surface area contributed by atoms with Crippen molar-refractivity contribution in [2.75, 3.05) is 6.26 Å². The normalized spacial score (nSPS) is 15.6. The standard InChI is InChI=1S/C24H26N2O4S/c1-31(28,29)26-24(27)23(18-7-2-3-8-18)19-11-14-21(15-12-19)30-16-20-13-10-17-6-4-5-9-22(17)25-20/h4-6,9-15,18,23H,2-3,7-8,16H2,1H3,(H,26,27). The quantitative estimate of drug-likeness (QED) is 0.599. The second-order valence-electron chi connectivity index (χ2n) is 8.11. The van der Waals surface area contributed by atoms with Crippen LogP contribution in [0.15, 0.2) is 60.7 Å². The highest BCUT2D eigenvalue weighted by Crippen LogP contribution is 2.38. The molecule has 1 fully saturated rings. The lowest BCUT2D eigenvalue weighted by molar-refractivity contribution is -0.121. The van der Waals surface area contributed by atoms with Crippen molar-refractivity contribution >= 4 is 26.8 Å². The first-order valence-electron chi connectivity index (χ1n) is 10.5. The Bertz CT molecular complexity index is 1170. The van der Waals surface area contributed by atoms with Gasteiger partial charge in [-0.2, -0.15) is 0 Å². The van der Waals surface area contributed by atoms with Crippen LogP contribution >= 0.6 is 0 Å². The Balaban J connectivity index is 1.47. The number of carbonyl (C=O) groups excluding carboxylic acids is 1. The zero-order chi connectivity index (χ0) is 21.8. The van der Waals surface area contributed by atoms with Crippen LogP contribution in [0.2, 0.25) is 0 Å². The van der Waals surface area contributed by atoms with Gasteiger partial charge in [0.15, 0.2) is 0 Å². The number of hydrogen-bond acceptors (Lipinski definition) is 5. The maximum absolute atomic E-state index is 12.7. The van der Waals surface area contributed by atoms with Gasteiger partial charge in [-0.1, -0.05) is 49.2 Å². The Hall–Kier alpha value is -2.93. The van der Waals surface area contributed by atoms with E-state index in [1.807, 2.05) is 60.7 Å². The average molecular weight is 439 g/mol. The fourth-order valence-electron chi connectivity index (χ4n) is 4.29. The fourth-order valence-corrected chi connectivity index (χ4v) is 4.78. The summed E-state index contributed by atoms with van der Waals surface area (Å²) in [6.45, 7) is 0.338. The van der Waals surface area contributed by atoms with E-state index in [-0.39, 0.29) is 5.92 Å². The minimum absolute atomic E-state index is 0.148. The van der Waals surface area contributed by atoms with Crippen LogP contribution in [-0.2, 0) is 21.4 Å². The summed E-state index contributed by atoms with van der Waals surface area (Å²) in [5.74, 6) is -0.111. The average Bonchev–Trinajstić information content (AvgIpc) is 3.26. The Kier molecular flexibility index (Phi) is 6.23. The third-order valence-corrected chi connectivity index (χ3v) is 6.29. The first kappa shape index (κ1) is 21.3. The highest BCUT2D eigenvalue weighted by molar-refractivity contribution is 7.89. The number of aromatic nitrogens is 1. The maximum atomic E-state index is 12.7. The lowest BCUT2D eigenvalue weighted by Gasteiger charge is -2.23. The summed E-state index contributed by atoms with van der Waals surface area (Å²) in [5, 5.41) is 1.08. The van der Waals surface area contributed by atoms with Gasteiger partial charge in [0.2, 0.25) is 15.9 Å². The monoisotopic (exact) mass is 438 g/mol. The van der Waals surface area contributed by atoms with E-state index < -0.39 is 21.8 Å². The van der Waals surface area contributed by atoms with Gasteiger partial charge >= 0.3 is 0 Å². The van der Waals surface area contributed by atoms with Gasteiger partial charge in [-0.15, -0.1) is 0 Å². The number of benzene rings is 2. The maximum Gasteiger partial charge on any atom is 0.241 e. The van der Waals surface area contributed by atoms with Crippen LogP contribution in [0.25, 0.3) is 10.9 Å². The van der Waals surface area contributed by atoms with Crippen molar-refractivity contribution in [1.82, 2.24) is 9.71 Å². The molecule has 1 aliphatic rings. The largest absolute Gasteiger partial charge is 0.487 e. The van der Waals surface area contributed by atoms with Crippen LogP contribution in [0.3, 0.4) is 0 Å². The molecule has 0 bridgehead atoms. The van der Waals surface area contributed by atoms with Crippen LogP contribution in [0.1, 0.15) is 42.9 Å². The highest BCUT2D eigenvalue weighted by Gasteiger charge is 2.33. The van der Waals surface area contributed by atoms with E-state index in [0.717, 1.165) is 54.1 Å². The minimum Gasteiger partial charge on any atom is -0.487 e. The molecular formula is C24H26N2O4S. The van der Waals surface area contributed by atoms with Gasteiger partial charge in [0.25, 0.3) is 0 Å². The highest BCUT2D eigenvalue weighted by atomic mass is 32.2. The lowest BCUT2D eigenvalue weighted by Crippen LogP contribution is -2.36. The van der Waals surface area contributed by atoms with Crippen molar-refractivity contribution in [3.63, 3.8) is 0 Å². The second-order valence-corrected chi connectivity index (χ2v) is 9.86. The number of ether oxygens (including phenoxy) is 1. The van der Waals surface area contributed by atoms with E-state index >= 15 is 0 Å². The molecule has 1 heterocycles. The predicted molar refractivity (Wildman–Crippen MR) is 120 cm³/mol. The SMILES string of the molecule is CS(=O)(=O)NC(=O)C(c1ccc(OCc2ccc3ccccc3n2)cc1)C1CCCC1. The fraction of sp³-hybridized carbons (Fsp3) is 0.333. The number of carbonyl (C=O) groups is 1. The van der Waals surface area contributed by atoms with E-state index in [4.69, 9.17) is 4.74 Å². The molecule has 0 radical (unpaired) electrons. The zero-order valence-electron chi connectivity index (χ0n) is 17.5. The molecule has 3 aromatic rings. The summed E-state index contributed by atoms with van der Waals surface area (Å²) >= 11 is 0. The van der Waals surface area contributed by atoms with E-state index in [1.54, 1.807) is 0 Å². The van der Waals surface area contributed by atoms with Gasteiger partial charge < -0.3 is 4.74 Å². The number of sulfonamides is 1. The number of nitrogens with one attached hydrogen (secondary N) is 1. The van der Waals surface area contributed by atoms with Gasteiger partial charge in [-0.05, 0) is 48.6 Å². The van der Waals surface area contributed by atoms with Crippen molar-refractivity contribution in [2.45, 2.75) is 38.2 Å². The van der Waals surface area contributed by atoms with E-state index in [9.17, 15) is 13.2 Å². The van der Waals surface area contributed by atoms with Crippen molar-refractivity contribution < 1.29 is 17.9 Å². The zero-order valence-corrected chi connectivity index (χ0v) is 18.3. The molecule has 1 unspecified atom stereocenters. The molecule has 7 heteroatoms. The van der Waals surface area contributed by atoms with Crippen molar-refractivity contribution in [1.29, 1.82) is 0 Å². The number of pyridine rings is 1. The van der Waals surface area contributed by atoms with Crippen LogP contribution in [0.5, 0.6) is 5.75 Å². The van der Waals surface area contributed by atoms with Gasteiger partial charge in [0.1, 0.15) is 12.4 Å². The lowest BCUT2D eigenvalue weighted by atomic mass is 9.84. The third-order valence-electron chi connectivity index (χ3n) is 5.72. The molecule has 162 valence electrons. The summed E-state index contributed by atoms with van der Waals surface area (Å²) in [4.78, 5) is 17.3. The Morgan fingerprint density at radius 1 is 1.06 bits per heavy atom. The van der Waals surface area contributed by atoms with Gasteiger partial charge in [0.05, 0.1) is 23.4 Å². The van der Waals surface area contributed by atoms with Crippen LogP contribution in [0.4, 0.5) is 0 Å². The van der Waals surface area contributed by atoms with Crippen LogP contribution in [-0.4, -0.2) is 25.6 Å². The summed E-state index contributed by atoms with van der Waals surface area (Å²) in [6.07, 6.45) is 4.98. The number of nitrogens with zero attached hydrogens (tertiary/aromatic N) is 1. The van der Waals surface area contributed by atoms with E-state index in [2.05, 4.69) is 9.71 Å². The second kappa shape index (κ2) is 9.06. The molecule has 2 aromatic carbocycles. The molecule has 1 N–H and O–H groups in total. The topological polar surface area (TPSA) is 85.4 Å². The number of rotatable bonds is 7. The minimum atomic E-state index is -3.60. The number of amides is 1. The molecule has 1 atom stereocenters. The van der Waals surface area contributed by atoms with Crippen LogP contribution < -0.4 is 9.46 Å². The molecule has 31 heavy (non-hydrogen) atoms. The summed E-state index contributed by atoms with van der Waals surface area (Å²) in [6, 6.07) is 19.3. The van der Waals surface area contributed by atoms with Gasteiger partial charge in [-0.3, -0.25) is 9.52 Å². The van der Waals surface area contributed by atoms with E-state index in [0.29, 0.717) is 12.4 Å². The summed E-state index contributed by atoms with van der Waals surface area (Å²) < 4.78 is 31.2. The molecular weight excluding hydrogens is 412 g/mol. The molecule has 1 saturated carbocycles. The van der Waals surface area contributed by atoms with Gasteiger partial charge in [-0.25, -0.2) is 13.4 Å². The molecule has 0 saturated heterocycles. The number of para-hydroxylation sites is 1. The Morgan fingerprint density at radius 3 is 2.48 bits per heavy atom. The number of fused-ring (bicyclic) bond motifs is 1. The molecule has 1 amide bonds. The number of hydrogen-bond donors (Lipinski definition) is 1. The smallest absolute Gasteiger partial charge is 0.241 e. The first-order valence-corrected chi connectivity index (χ1v) is 12.4. The molecule has 4 rings (SSSR count). The van der Waals surface area contributed by atoms with Crippen molar-refractivity contribution in [2.24, 2.45) is 5.92 Å². The third kappa shape index (κ3) is 5.41. The summed E-state index contributed by atoms with van der Waals surface area (Å²) in [7, 11) is -3.60. The molecule has 1 aliphatic carbocycles. The van der Waals surface area contributed by atoms with Crippen molar-refractivity contribution in [3.8, 4) is 5.75 Å². The molecule has 6 nitrogen and oxygen atoms in total. The predicted octanol–water partition coefficient (Wildman–Crippen LogP) is 4.16. The van der Waals surface area contributed by atoms with Crippen LogP contribution in [0, 0.1) is 5.92 Å². The first-order chi connectivity index (χ1) is 14.9. The van der Waals surface area contributed by atoms with Crippen molar-refractivity contribution in [3.05, 3.63) is 71.9 Å². The Morgan fingerprint density at radius 2 is 1.77 bits per heavy atom. The molecule has 1 aromatic heterocycles. The van der Waals surface area contributed by atoms with Gasteiger partial charge in [0, 0.05) is 5.39 Å².